The van der Waals surface area contributed by atoms with Crippen LogP contribution >= 0.6 is 0 Å². The average molecular weight is 429 g/mol. The van der Waals surface area contributed by atoms with Crippen molar-refractivity contribution in [2.75, 3.05) is 5.73 Å². The fraction of sp³-hybridized carbons (Fsp3) is 0.348. The van der Waals surface area contributed by atoms with Crippen LogP contribution < -0.4 is 11.1 Å². The van der Waals surface area contributed by atoms with Gasteiger partial charge in [0, 0.05) is 47.7 Å². The summed E-state index contributed by atoms with van der Waals surface area (Å²) in [7, 11) is 0. The lowest BCUT2D eigenvalue weighted by Gasteiger charge is -2.30. The van der Waals surface area contributed by atoms with E-state index in [-0.39, 0.29) is 11.7 Å². The summed E-state index contributed by atoms with van der Waals surface area (Å²) in [4.78, 5) is 29.4. The number of ketones is 1. The second-order valence-electron chi connectivity index (χ2n) is 8.78. The van der Waals surface area contributed by atoms with Gasteiger partial charge in [0.2, 0.25) is 0 Å². The Bertz CT molecular complexity index is 1300. The number of nitrogens with one attached hydrogen (secondary N) is 2. The Balaban J connectivity index is 1.46. The number of nitrogen functional groups attached to an aromatic ring is 1. The van der Waals surface area contributed by atoms with Crippen LogP contribution in [-0.2, 0) is 0 Å². The summed E-state index contributed by atoms with van der Waals surface area (Å²) in [6.45, 7) is 1.56. The maximum atomic E-state index is 12.6. The van der Waals surface area contributed by atoms with E-state index in [9.17, 15) is 4.79 Å². The molecular formula is C23H24N8O. The zero-order valence-corrected chi connectivity index (χ0v) is 17.7. The predicted octanol–water partition coefficient (Wildman–Crippen LogP) is 2.96. The van der Waals surface area contributed by atoms with E-state index >= 15 is 0 Å². The first-order chi connectivity index (χ1) is 15.6. The molecule has 9 nitrogen and oxygen atoms in total. The molecule has 2 bridgehead atoms. The van der Waals surface area contributed by atoms with Gasteiger partial charge in [-0.05, 0) is 38.7 Å². The number of H-pyrrole nitrogens is 1. The predicted molar refractivity (Wildman–Crippen MR) is 120 cm³/mol. The minimum atomic E-state index is -0.0701. The van der Waals surface area contributed by atoms with Gasteiger partial charge in [-0.3, -0.25) is 9.78 Å². The zero-order valence-electron chi connectivity index (χ0n) is 17.7. The lowest BCUT2D eigenvalue weighted by Crippen LogP contribution is -2.38. The van der Waals surface area contributed by atoms with Crippen molar-refractivity contribution in [3.63, 3.8) is 0 Å². The number of carbonyl (C=O) groups is 1. The topological polar surface area (TPSA) is 127 Å². The molecule has 2 unspecified atom stereocenters. The lowest BCUT2D eigenvalue weighted by molar-refractivity contribution is 0.101. The molecule has 4 aromatic heterocycles. The normalized spacial score (nSPS) is 22.5. The van der Waals surface area contributed by atoms with Gasteiger partial charge in [0.15, 0.2) is 17.3 Å². The summed E-state index contributed by atoms with van der Waals surface area (Å²) in [5.41, 5.74) is 10.9. The molecule has 162 valence electrons. The van der Waals surface area contributed by atoms with Gasteiger partial charge in [-0.25, -0.2) is 9.97 Å². The highest BCUT2D eigenvalue weighted by Gasteiger charge is 2.37. The van der Waals surface area contributed by atoms with Crippen LogP contribution in [0.15, 0.2) is 36.9 Å². The van der Waals surface area contributed by atoms with Crippen LogP contribution in [0.25, 0.3) is 28.3 Å². The summed E-state index contributed by atoms with van der Waals surface area (Å²) >= 11 is 0. The molecule has 4 aromatic rings. The van der Waals surface area contributed by atoms with Crippen molar-refractivity contribution in [1.82, 2.24) is 34.9 Å². The number of hydrogen-bond donors (Lipinski definition) is 3. The fourth-order valence-corrected chi connectivity index (χ4v) is 5.27. The molecule has 6 heterocycles. The first-order valence-corrected chi connectivity index (χ1v) is 11.0. The fourth-order valence-electron chi connectivity index (χ4n) is 5.27. The molecule has 0 radical (unpaired) electrons. The Labute approximate surface area is 184 Å². The Morgan fingerprint density at radius 2 is 1.97 bits per heavy atom. The van der Waals surface area contributed by atoms with Crippen molar-refractivity contribution in [3.05, 3.63) is 48.2 Å². The molecule has 6 rings (SSSR count). The Morgan fingerprint density at radius 1 is 1.16 bits per heavy atom. The number of piperidine rings is 1. The van der Waals surface area contributed by atoms with E-state index in [4.69, 9.17) is 10.7 Å². The minimum Gasteiger partial charge on any atom is -0.383 e. The van der Waals surface area contributed by atoms with Gasteiger partial charge < -0.3 is 16.0 Å². The van der Waals surface area contributed by atoms with Crippen LogP contribution in [-0.4, -0.2) is 47.4 Å². The van der Waals surface area contributed by atoms with Crippen LogP contribution in [0.4, 0.5) is 5.82 Å². The molecule has 4 N–H and O–H groups in total. The molecule has 0 aliphatic carbocycles. The highest BCUT2D eigenvalue weighted by atomic mass is 16.1. The number of imidazole rings is 1. The number of nitrogens with two attached hydrogens (primary N) is 1. The van der Waals surface area contributed by atoms with E-state index in [1.54, 1.807) is 36.2 Å². The van der Waals surface area contributed by atoms with Gasteiger partial charge in [-0.15, -0.1) is 0 Å². The summed E-state index contributed by atoms with van der Waals surface area (Å²) in [5.74, 6) is 1.21. The van der Waals surface area contributed by atoms with Crippen LogP contribution in [0.1, 0.15) is 54.6 Å². The molecule has 9 heteroatoms. The third-order valence-electron chi connectivity index (χ3n) is 6.74. The first kappa shape index (κ1) is 19.1. The molecule has 2 saturated heterocycles. The van der Waals surface area contributed by atoms with Crippen molar-refractivity contribution in [2.24, 2.45) is 0 Å². The van der Waals surface area contributed by atoms with Gasteiger partial charge in [0.05, 0.1) is 17.5 Å². The van der Waals surface area contributed by atoms with Crippen molar-refractivity contribution in [2.45, 2.75) is 50.6 Å². The third kappa shape index (κ3) is 3.00. The highest BCUT2D eigenvalue weighted by Crippen LogP contribution is 2.40. The summed E-state index contributed by atoms with van der Waals surface area (Å²) in [5, 5.41) is 8.12. The summed E-state index contributed by atoms with van der Waals surface area (Å²) in [6, 6.07) is 4.86. The first-order valence-electron chi connectivity index (χ1n) is 11.0. The van der Waals surface area contributed by atoms with Crippen LogP contribution in [0.2, 0.25) is 0 Å². The number of aromatic amines is 1. The minimum absolute atomic E-state index is 0.0701. The number of hydrogen-bond acceptors (Lipinski definition) is 7. The molecule has 0 amide bonds. The van der Waals surface area contributed by atoms with E-state index in [1.807, 2.05) is 12.1 Å². The SMILES string of the molecule is CC(=O)c1c(C2CC3CCC(C2)N3)nc2c(-c3ccc(-c4ncc[nH]4)nc3)cnn2c1N. The van der Waals surface area contributed by atoms with E-state index in [0.717, 1.165) is 35.4 Å². The molecule has 0 spiro atoms. The van der Waals surface area contributed by atoms with Crippen molar-refractivity contribution >= 4 is 17.2 Å². The lowest BCUT2D eigenvalue weighted by atomic mass is 9.86. The number of nitrogens with zero attached hydrogens (tertiary/aromatic N) is 5. The van der Waals surface area contributed by atoms with Gasteiger partial charge in [0.25, 0.3) is 0 Å². The monoisotopic (exact) mass is 428 g/mol. The van der Waals surface area contributed by atoms with E-state index in [0.29, 0.717) is 34.9 Å². The molecule has 0 aromatic carbocycles. The highest BCUT2D eigenvalue weighted by molar-refractivity contribution is 6.00. The molecule has 2 aliphatic heterocycles. The van der Waals surface area contributed by atoms with Gasteiger partial charge >= 0.3 is 0 Å². The maximum Gasteiger partial charge on any atom is 0.165 e. The number of rotatable bonds is 4. The molecule has 0 saturated carbocycles. The molecule has 2 aliphatic rings. The molecule has 2 fully saturated rings. The number of pyridine rings is 1. The van der Waals surface area contributed by atoms with Crippen LogP contribution in [0, 0.1) is 0 Å². The van der Waals surface area contributed by atoms with Crippen LogP contribution in [0.3, 0.4) is 0 Å². The quantitative estimate of drug-likeness (QED) is 0.427. The summed E-state index contributed by atoms with van der Waals surface area (Å²) < 4.78 is 1.58. The van der Waals surface area contributed by atoms with Crippen LogP contribution in [0.5, 0.6) is 0 Å². The van der Waals surface area contributed by atoms with Gasteiger partial charge in [-0.2, -0.15) is 9.61 Å². The number of carbonyl (C=O) groups excluding carboxylic acids is 1. The largest absolute Gasteiger partial charge is 0.383 e. The van der Waals surface area contributed by atoms with E-state index in [1.165, 1.54) is 12.8 Å². The number of anilines is 1. The second kappa shape index (κ2) is 7.23. The third-order valence-corrected chi connectivity index (χ3v) is 6.74. The zero-order chi connectivity index (χ0) is 21.8. The van der Waals surface area contributed by atoms with Crippen molar-refractivity contribution in [1.29, 1.82) is 0 Å². The van der Waals surface area contributed by atoms with Gasteiger partial charge in [-0.1, -0.05) is 6.07 Å². The molecular weight excluding hydrogens is 404 g/mol. The van der Waals surface area contributed by atoms with E-state index < -0.39 is 0 Å². The summed E-state index contributed by atoms with van der Waals surface area (Å²) in [6.07, 6.45) is 11.3. The smallest absolute Gasteiger partial charge is 0.165 e. The van der Waals surface area contributed by atoms with Gasteiger partial charge in [0.1, 0.15) is 11.5 Å². The number of fused-ring (bicyclic) bond motifs is 3. The maximum absolute atomic E-state index is 12.6. The Morgan fingerprint density at radius 3 is 2.62 bits per heavy atom. The number of Topliss-reactive ketones (excluding diaryl/α,β-unsaturated/α-hetero) is 1. The Kier molecular flexibility index (Phi) is 4.32. The number of aromatic nitrogens is 6. The van der Waals surface area contributed by atoms with E-state index in [2.05, 4.69) is 25.4 Å². The second-order valence-corrected chi connectivity index (χ2v) is 8.78. The molecule has 2 atom stereocenters. The van der Waals surface area contributed by atoms with Crippen molar-refractivity contribution < 1.29 is 4.79 Å². The standard InChI is InChI=1S/C23H24N8O/c1-12(32)19-20(14-8-15-3-4-16(9-14)29-15)30-23-17(11-28-31(23)21(19)24)13-2-5-18(27-10-13)22-25-6-7-26-22/h2,5-7,10-11,14-16,29H,3-4,8-9,24H2,1H3,(H,25,26). The molecule has 32 heavy (non-hydrogen) atoms. The Hall–Kier alpha value is -3.59. The average Bonchev–Trinajstić information content (AvgIpc) is 3.54. The van der Waals surface area contributed by atoms with Crippen molar-refractivity contribution in [3.8, 4) is 22.6 Å².